The van der Waals surface area contributed by atoms with Crippen molar-refractivity contribution in [2.24, 2.45) is 5.41 Å². The molecule has 6 nitrogen and oxygen atoms in total. The van der Waals surface area contributed by atoms with Crippen molar-refractivity contribution in [2.75, 3.05) is 5.32 Å². The number of H-pyrrole nitrogens is 1. The maximum atomic E-state index is 12.4. The van der Waals surface area contributed by atoms with Gasteiger partial charge in [0.2, 0.25) is 11.8 Å². The monoisotopic (exact) mass is 342 g/mol. The second-order valence-corrected chi connectivity index (χ2v) is 7.29. The third-order valence-electron chi connectivity index (χ3n) is 3.66. The van der Waals surface area contributed by atoms with Crippen LogP contribution in [0.15, 0.2) is 36.4 Å². The average molecular weight is 342 g/mol. The van der Waals surface area contributed by atoms with E-state index in [4.69, 9.17) is 0 Å². The summed E-state index contributed by atoms with van der Waals surface area (Å²) in [4.78, 5) is 24.5. The molecule has 1 aromatic heterocycles. The molecule has 134 valence electrons. The summed E-state index contributed by atoms with van der Waals surface area (Å²) in [5.74, 6) is 0.129. The maximum absolute atomic E-state index is 12.4. The number of benzene rings is 1. The number of carbonyl (C=O) groups is 2. The van der Waals surface area contributed by atoms with Crippen molar-refractivity contribution in [1.82, 2.24) is 15.5 Å². The highest BCUT2D eigenvalue weighted by molar-refractivity contribution is 5.96. The van der Waals surface area contributed by atoms with Crippen LogP contribution in [0.4, 0.5) is 5.82 Å². The standard InChI is InChI=1S/C19H26N4O2/c1-5-14(20-17(24)12-19(2,3)4)18(25)21-16-11-15(22-23-16)13-9-7-6-8-10-13/h6-11,14H,5,12H2,1-4H3,(H,20,24)(H2,21,22,23,25). The first kappa shape index (κ1) is 18.7. The van der Waals surface area contributed by atoms with E-state index in [1.54, 1.807) is 6.07 Å². The second kappa shape index (κ2) is 7.96. The third kappa shape index (κ3) is 5.74. The van der Waals surface area contributed by atoms with Gasteiger partial charge in [-0.2, -0.15) is 5.10 Å². The van der Waals surface area contributed by atoms with Crippen LogP contribution in [0.25, 0.3) is 11.3 Å². The predicted molar refractivity (Wildman–Crippen MR) is 98.9 cm³/mol. The van der Waals surface area contributed by atoms with E-state index in [-0.39, 0.29) is 17.2 Å². The van der Waals surface area contributed by atoms with Gasteiger partial charge in [-0.3, -0.25) is 14.7 Å². The molecule has 1 unspecified atom stereocenters. The Hall–Kier alpha value is -2.63. The number of hydrogen-bond acceptors (Lipinski definition) is 3. The first-order valence-electron chi connectivity index (χ1n) is 8.49. The molecular weight excluding hydrogens is 316 g/mol. The normalized spacial score (nSPS) is 12.5. The predicted octanol–water partition coefficient (Wildman–Crippen LogP) is 3.35. The zero-order valence-electron chi connectivity index (χ0n) is 15.2. The molecule has 2 aromatic rings. The first-order valence-corrected chi connectivity index (χ1v) is 8.49. The molecule has 0 saturated heterocycles. The Kier molecular flexibility index (Phi) is 5.96. The van der Waals surface area contributed by atoms with Crippen LogP contribution in [0.1, 0.15) is 40.5 Å². The van der Waals surface area contributed by atoms with Crippen LogP contribution < -0.4 is 10.6 Å². The second-order valence-electron chi connectivity index (χ2n) is 7.29. The summed E-state index contributed by atoms with van der Waals surface area (Å²) in [7, 11) is 0. The number of nitrogens with one attached hydrogen (secondary N) is 3. The van der Waals surface area contributed by atoms with E-state index in [1.165, 1.54) is 0 Å². The number of hydrogen-bond donors (Lipinski definition) is 3. The molecule has 0 saturated carbocycles. The summed E-state index contributed by atoms with van der Waals surface area (Å²) < 4.78 is 0. The number of anilines is 1. The van der Waals surface area contributed by atoms with E-state index in [1.807, 2.05) is 58.0 Å². The van der Waals surface area contributed by atoms with Crippen molar-refractivity contribution in [3.8, 4) is 11.3 Å². The number of nitrogens with zero attached hydrogens (tertiary/aromatic N) is 1. The minimum absolute atomic E-state index is 0.118. The topological polar surface area (TPSA) is 86.9 Å². The van der Waals surface area contributed by atoms with Crippen molar-refractivity contribution >= 4 is 17.6 Å². The quantitative estimate of drug-likeness (QED) is 0.752. The van der Waals surface area contributed by atoms with Gasteiger partial charge >= 0.3 is 0 Å². The Morgan fingerprint density at radius 2 is 1.88 bits per heavy atom. The van der Waals surface area contributed by atoms with Crippen LogP contribution in [-0.2, 0) is 9.59 Å². The van der Waals surface area contributed by atoms with E-state index in [0.717, 1.165) is 11.3 Å². The molecular formula is C19H26N4O2. The number of rotatable bonds is 6. The fraction of sp³-hybridized carbons (Fsp3) is 0.421. The summed E-state index contributed by atoms with van der Waals surface area (Å²) in [6, 6.07) is 10.9. The summed E-state index contributed by atoms with van der Waals surface area (Å²) in [6.07, 6.45) is 0.889. The van der Waals surface area contributed by atoms with Crippen molar-refractivity contribution in [2.45, 2.75) is 46.6 Å². The molecule has 0 fully saturated rings. The van der Waals surface area contributed by atoms with E-state index in [0.29, 0.717) is 18.7 Å². The lowest BCUT2D eigenvalue weighted by Crippen LogP contribution is -2.44. The SMILES string of the molecule is CCC(NC(=O)CC(C)(C)C)C(=O)Nc1cc(-c2ccccc2)n[nH]1. The Morgan fingerprint density at radius 3 is 2.48 bits per heavy atom. The maximum Gasteiger partial charge on any atom is 0.248 e. The summed E-state index contributed by atoms with van der Waals surface area (Å²) in [5, 5.41) is 12.6. The molecule has 2 amide bonds. The van der Waals surface area contributed by atoms with Gasteiger partial charge in [-0.25, -0.2) is 0 Å². The highest BCUT2D eigenvalue weighted by atomic mass is 16.2. The summed E-state index contributed by atoms with van der Waals surface area (Å²) >= 11 is 0. The van der Waals surface area contributed by atoms with Crippen molar-refractivity contribution < 1.29 is 9.59 Å². The van der Waals surface area contributed by atoms with Crippen molar-refractivity contribution in [1.29, 1.82) is 0 Å². The van der Waals surface area contributed by atoms with Crippen LogP contribution in [-0.4, -0.2) is 28.1 Å². The largest absolute Gasteiger partial charge is 0.344 e. The number of carbonyl (C=O) groups excluding carboxylic acids is 2. The van der Waals surface area contributed by atoms with Gasteiger partial charge in [0.05, 0.1) is 5.69 Å². The molecule has 1 atom stereocenters. The molecule has 1 heterocycles. The lowest BCUT2D eigenvalue weighted by molar-refractivity contribution is -0.127. The minimum Gasteiger partial charge on any atom is -0.344 e. The number of aromatic nitrogens is 2. The molecule has 0 aliphatic heterocycles. The third-order valence-corrected chi connectivity index (χ3v) is 3.66. The summed E-state index contributed by atoms with van der Waals surface area (Å²) in [6.45, 7) is 7.83. The molecule has 0 bridgehead atoms. The van der Waals surface area contributed by atoms with Gasteiger partial charge in [0.1, 0.15) is 11.9 Å². The smallest absolute Gasteiger partial charge is 0.248 e. The molecule has 0 spiro atoms. The zero-order valence-corrected chi connectivity index (χ0v) is 15.2. The fourth-order valence-corrected chi connectivity index (χ4v) is 2.44. The van der Waals surface area contributed by atoms with Gasteiger partial charge in [-0.15, -0.1) is 0 Å². The molecule has 6 heteroatoms. The Morgan fingerprint density at radius 1 is 1.20 bits per heavy atom. The van der Waals surface area contributed by atoms with E-state index < -0.39 is 6.04 Å². The van der Waals surface area contributed by atoms with E-state index >= 15 is 0 Å². The average Bonchev–Trinajstić information content (AvgIpc) is 3.00. The lowest BCUT2D eigenvalue weighted by atomic mass is 9.92. The van der Waals surface area contributed by atoms with Crippen LogP contribution in [0.3, 0.4) is 0 Å². The van der Waals surface area contributed by atoms with E-state index in [2.05, 4.69) is 20.8 Å². The van der Waals surface area contributed by atoms with Crippen molar-refractivity contribution in [3.05, 3.63) is 36.4 Å². The Bertz CT molecular complexity index is 717. The summed E-state index contributed by atoms with van der Waals surface area (Å²) in [5.41, 5.74) is 1.60. The van der Waals surface area contributed by atoms with Crippen LogP contribution in [0.2, 0.25) is 0 Å². The van der Waals surface area contributed by atoms with Crippen molar-refractivity contribution in [3.63, 3.8) is 0 Å². The highest BCUT2D eigenvalue weighted by Crippen LogP contribution is 2.20. The Balaban J connectivity index is 1.98. The number of amides is 2. The highest BCUT2D eigenvalue weighted by Gasteiger charge is 2.22. The molecule has 1 aromatic carbocycles. The lowest BCUT2D eigenvalue weighted by Gasteiger charge is -2.21. The molecule has 0 radical (unpaired) electrons. The molecule has 0 aliphatic rings. The van der Waals surface area contributed by atoms with Crippen LogP contribution in [0.5, 0.6) is 0 Å². The zero-order chi connectivity index (χ0) is 18.4. The number of aromatic amines is 1. The van der Waals surface area contributed by atoms with Gasteiger partial charge in [-0.1, -0.05) is 58.0 Å². The van der Waals surface area contributed by atoms with Crippen LogP contribution >= 0.6 is 0 Å². The molecule has 3 N–H and O–H groups in total. The molecule has 2 rings (SSSR count). The van der Waals surface area contributed by atoms with Gasteiger partial charge in [0, 0.05) is 18.1 Å². The molecule has 25 heavy (non-hydrogen) atoms. The Labute approximate surface area is 148 Å². The minimum atomic E-state index is -0.571. The van der Waals surface area contributed by atoms with Crippen LogP contribution in [0, 0.1) is 5.41 Å². The van der Waals surface area contributed by atoms with Gasteiger partial charge < -0.3 is 10.6 Å². The fourth-order valence-electron chi connectivity index (χ4n) is 2.44. The molecule has 0 aliphatic carbocycles. The van der Waals surface area contributed by atoms with E-state index in [9.17, 15) is 9.59 Å². The van der Waals surface area contributed by atoms with Gasteiger partial charge in [0.15, 0.2) is 0 Å². The van der Waals surface area contributed by atoms with Gasteiger partial charge in [0.25, 0.3) is 0 Å². The first-order chi connectivity index (χ1) is 11.8. The van der Waals surface area contributed by atoms with Gasteiger partial charge in [-0.05, 0) is 11.8 Å².